The van der Waals surface area contributed by atoms with E-state index in [0.717, 1.165) is 6.07 Å². The molecular formula is C8H7ClFNO2. The van der Waals surface area contributed by atoms with Crippen molar-refractivity contribution in [2.45, 2.75) is 0 Å². The third-order valence-corrected chi connectivity index (χ3v) is 1.64. The third-order valence-electron chi connectivity index (χ3n) is 1.35. The zero-order valence-electron chi connectivity index (χ0n) is 6.55. The van der Waals surface area contributed by atoms with Gasteiger partial charge in [0.15, 0.2) is 0 Å². The first kappa shape index (κ1) is 9.95. The van der Waals surface area contributed by atoms with Gasteiger partial charge in [-0.1, -0.05) is 11.6 Å². The van der Waals surface area contributed by atoms with Crippen LogP contribution in [0.1, 0.15) is 0 Å². The minimum atomic E-state index is -0.616. The molecule has 0 aliphatic rings. The molecule has 1 aromatic carbocycles. The van der Waals surface area contributed by atoms with E-state index in [1.807, 2.05) is 0 Å². The van der Waals surface area contributed by atoms with Gasteiger partial charge in [-0.25, -0.2) is 4.39 Å². The van der Waals surface area contributed by atoms with Crippen LogP contribution in [-0.2, 0) is 4.79 Å². The van der Waals surface area contributed by atoms with Crippen LogP contribution in [0.2, 0.25) is 5.02 Å². The van der Waals surface area contributed by atoms with Gasteiger partial charge in [-0.05, 0) is 18.2 Å². The molecule has 3 nitrogen and oxygen atoms in total. The molecule has 1 aromatic rings. The second kappa shape index (κ2) is 4.20. The Morgan fingerprint density at radius 2 is 2.31 bits per heavy atom. The maximum atomic E-state index is 12.6. The Bertz CT molecular complexity index is 330. The number of nitrogens with one attached hydrogen (secondary N) is 1. The van der Waals surface area contributed by atoms with Gasteiger partial charge in [0.2, 0.25) is 5.91 Å². The number of hydrogen-bond acceptors (Lipinski definition) is 2. The van der Waals surface area contributed by atoms with Gasteiger partial charge in [-0.2, -0.15) is 0 Å². The van der Waals surface area contributed by atoms with Gasteiger partial charge in [-0.3, -0.25) is 4.79 Å². The topological polar surface area (TPSA) is 49.3 Å². The molecule has 2 N–H and O–H groups in total. The number of carbonyl (C=O) groups excluding carboxylic acids is 1. The summed E-state index contributed by atoms with van der Waals surface area (Å²) in [7, 11) is 0. The van der Waals surface area contributed by atoms with Crippen LogP contribution < -0.4 is 5.32 Å². The zero-order valence-corrected chi connectivity index (χ0v) is 7.31. The zero-order chi connectivity index (χ0) is 9.84. The van der Waals surface area contributed by atoms with Gasteiger partial charge >= 0.3 is 0 Å². The summed E-state index contributed by atoms with van der Waals surface area (Å²) in [6, 6.07) is 3.76. The number of rotatable bonds is 2. The van der Waals surface area contributed by atoms with E-state index in [2.05, 4.69) is 5.32 Å². The molecule has 1 amide bonds. The molecule has 0 heterocycles. The van der Waals surface area contributed by atoms with Crippen LogP contribution in [0.5, 0.6) is 0 Å². The quantitative estimate of drug-likeness (QED) is 0.764. The first-order valence-corrected chi connectivity index (χ1v) is 3.87. The summed E-state index contributed by atoms with van der Waals surface area (Å²) in [6.45, 7) is -0.616. The molecule has 0 bridgehead atoms. The summed E-state index contributed by atoms with van der Waals surface area (Å²) >= 11 is 5.45. The van der Waals surface area contributed by atoms with Crippen LogP contribution in [0, 0.1) is 5.82 Å². The lowest BCUT2D eigenvalue weighted by molar-refractivity contribution is -0.118. The Hall–Kier alpha value is -1.13. The lowest BCUT2D eigenvalue weighted by Crippen LogP contribution is -2.15. The van der Waals surface area contributed by atoms with Gasteiger partial charge in [0.25, 0.3) is 0 Å². The van der Waals surface area contributed by atoms with Gasteiger partial charge in [0, 0.05) is 5.69 Å². The number of anilines is 1. The average Bonchev–Trinajstić information content (AvgIpc) is 2.11. The van der Waals surface area contributed by atoms with Crippen molar-refractivity contribution >= 4 is 23.2 Å². The van der Waals surface area contributed by atoms with Crippen molar-refractivity contribution in [2.24, 2.45) is 0 Å². The summed E-state index contributed by atoms with van der Waals surface area (Å²) in [6.07, 6.45) is 0. The van der Waals surface area contributed by atoms with Crippen LogP contribution >= 0.6 is 11.6 Å². The summed E-state index contributed by atoms with van der Waals surface area (Å²) in [5.41, 5.74) is 0.352. The van der Waals surface area contributed by atoms with Crippen molar-refractivity contribution in [1.29, 1.82) is 0 Å². The largest absolute Gasteiger partial charge is 0.387 e. The smallest absolute Gasteiger partial charge is 0.250 e. The fourth-order valence-electron chi connectivity index (χ4n) is 0.774. The first-order valence-electron chi connectivity index (χ1n) is 3.49. The predicted molar refractivity (Wildman–Crippen MR) is 47.1 cm³/mol. The van der Waals surface area contributed by atoms with E-state index in [4.69, 9.17) is 16.7 Å². The number of aliphatic hydroxyl groups excluding tert-OH is 1. The summed E-state index contributed by atoms with van der Waals surface area (Å²) in [4.78, 5) is 10.7. The molecular weight excluding hydrogens is 197 g/mol. The molecule has 0 spiro atoms. The van der Waals surface area contributed by atoms with E-state index in [1.165, 1.54) is 12.1 Å². The Balaban J connectivity index is 2.79. The molecule has 0 radical (unpaired) electrons. The normalized spacial score (nSPS) is 9.77. The lowest BCUT2D eigenvalue weighted by atomic mass is 10.3. The van der Waals surface area contributed by atoms with Crippen LogP contribution in [0.25, 0.3) is 0 Å². The van der Waals surface area contributed by atoms with Gasteiger partial charge in [0.1, 0.15) is 12.4 Å². The maximum absolute atomic E-state index is 12.6. The second-order valence-corrected chi connectivity index (χ2v) is 2.74. The van der Waals surface area contributed by atoms with Gasteiger partial charge in [0.05, 0.1) is 5.02 Å². The highest BCUT2D eigenvalue weighted by molar-refractivity contribution is 6.31. The highest BCUT2D eigenvalue weighted by Gasteiger charge is 2.03. The van der Waals surface area contributed by atoms with E-state index in [1.54, 1.807) is 0 Å². The van der Waals surface area contributed by atoms with Crippen LogP contribution in [0.4, 0.5) is 10.1 Å². The summed E-state index contributed by atoms with van der Waals surface area (Å²) in [5.74, 6) is -1.12. The number of halogens is 2. The van der Waals surface area contributed by atoms with E-state index in [0.29, 0.717) is 5.69 Å². The van der Waals surface area contributed by atoms with Crippen molar-refractivity contribution in [3.05, 3.63) is 29.0 Å². The molecule has 0 saturated heterocycles. The fraction of sp³-hybridized carbons (Fsp3) is 0.125. The highest BCUT2D eigenvalue weighted by atomic mass is 35.5. The number of benzene rings is 1. The van der Waals surface area contributed by atoms with E-state index in [-0.39, 0.29) is 5.02 Å². The molecule has 0 aliphatic heterocycles. The molecule has 0 unspecified atom stereocenters. The summed E-state index contributed by atoms with van der Waals surface area (Å²) in [5, 5.41) is 10.6. The molecule has 0 aromatic heterocycles. The van der Waals surface area contributed by atoms with Crippen molar-refractivity contribution in [1.82, 2.24) is 0 Å². The fourth-order valence-corrected chi connectivity index (χ4v) is 0.955. The molecule has 0 fully saturated rings. The Morgan fingerprint density at radius 1 is 1.62 bits per heavy atom. The Labute approximate surface area is 79.1 Å². The van der Waals surface area contributed by atoms with Crippen LogP contribution in [0.3, 0.4) is 0 Å². The molecule has 13 heavy (non-hydrogen) atoms. The number of aliphatic hydroxyl groups is 1. The molecule has 5 heteroatoms. The predicted octanol–water partition coefficient (Wildman–Crippen LogP) is 1.41. The lowest BCUT2D eigenvalue weighted by Gasteiger charge is -2.03. The Morgan fingerprint density at radius 3 is 2.85 bits per heavy atom. The molecule has 70 valence electrons. The first-order chi connectivity index (χ1) is 6.13. The van der Waals surface area contributed by atoms with Crippen molar-refractivity contribution in [3.8, 4) is 0 Å². The monoisotopic (exact) mass is 203 g/mol. The number of carbonyl (C=O) groups is 1. The molecule has 0 atom stereocenters. The third kappa shape index (κ3) is 2.68. The van der Waals surface area contributed by atoms with E-state index >= 15 is 0 Å². The SMILES string of the molecule is O=C(CO)Nc1ccc(F)c(Cl)c1. The van der Waals surface area contributed by atoms with Gasteiger partial charge in [-0.15, -0.1) is 0 Å². The minimum Gasteiger partial charge on any atom is -0.387 e. The second-order valence-electron chi connectivity index (χ2n) is 2.34. The van der Waals surface area contributed by atoms with Crippen LogP contribution in [0.15, 0.2) is 18.2 Å². The number of amides is 1. The molecule has 0 saturated carbocycles. The average molecular weight is 204 g/mol. The molecule has 0 aliphatic carbocycles. The van der Waals surface area contributed by atoms with Crippen molar-refractivity contribution in [2.75, 3.05) is 11.9 Å². The standard InChI is InChI=1S/C8H7ClFNO2/c9-6-3-5(1-2-7(6)10)11-8(13)4-12/h1-3,12H,4H2,(H,11,13). The Kier molecular flexibility index (Phi) is 3.22. The van der Waals surface area contributed by atoms with Crippen molar-refractivity contribution < 1.29 is 14.3 Å². The van der Waals surface area contributed by atoms with Crippen molar-refractivity contribution in [3.63, 3.8) is 0 Å². The van der Waals surface area contributed by atoms with Gasteiger partial charge < -0.3 is 10.4 Å². The summed E-state index contributed by atoms with van der Waals surface area (Å²) < 4.78 is 12.6. The number of hydrogen-bond donors (Lipinski definition) is 2. The van der Waals surface area contributed by atoms with E-state index < -0.39 is 18.3 Å². The van der Waals surface area contributed by atoms with E-state index in [9.17, 15) is 9.18 Å². The maximum Gasteiger partial charge on any atom is 0.250 e. The highest BCUT2D eigenvalue weighted by Crippen LogP contribution is 2.18. The molecule has 1 rings (SSSR count). The minimum absolute atomic E-state index is 0.0734. The van der Waals surface area contributed by atoms with Crippen LogP contribution in [-0.4, -0.2) is 17.6 Å².